The number of thioether (sulfide) groups is 1. The lowest BCUT2D eigenvalue weighted by Crippen LogP contribution is -2.48. The maximum atomic E-state index is 11.9. The molecule has 5 heteroatoms. The van der Waals surface area contributed by atoms with Gasteiger partial charge in [0, 0.05) is 24.3 Å². The Morgan fingerprint density at radius 1 is 1.23 bits per heavy atom. The molecule has 1 aromatic carbocycles. The Morgan fingerprint density at radius 3 is 2.45 bits per heavy atom. The highest BCUT2D eigenvalue weighted by Crippen LogP contribution is 2.22. The zero-order chi connectivity index (χ0) is 16.8. The topological polar surface area (TPSA) is 61.4 Å². The van der Waals surface area contributed by atoms with Gasteiger partial charge in [-0.2, -0.15) is 11.8 Å². The van der Waals surface area contributed by atoms with Crippen LogP contribution in [0.3, 0.4) is 0 Å². The summed E-state index contributed by atoms with van der Waals surface area (Å²) in [6.07, 6.45) is 1.93. The van der Waals surface area contributed by atoms with Gasteiger partial charge in [-0.3, -0.25) is 0 Å². The molecule has 1 unspecified atom stereocenters. The fourth-order valence-corrected chi connectivity index (χ4v) is 2.89. The highest BCUT2D eigenvalue weighted by Gasteiger charge is 2.23. The van der Waals surface area contributed by atoms with Gasteiger partial charge in [-0.15, -0.1) is 0 Å². The molecule has 2 amide bonds. The Kier molecular flexibility index (Phi) is 6.75. The monoisotopic (exact) mass is 324 g/mol. The number of urea groups is 1. The molecule has 0 saturated carbocycles. The predicted octanol–water partition coefficient (Wildman–Crippen LogP) is 2.69. The lowest BCUT2D eigenvalue weighted by Gasteiger charge is -2.27. The fraction of sp³-hybridized carbons (Fsp3) is 0.588. The van der Waals surface area contributed by atoms with E-state index in [1.54, 1.807) is 18.7 Å². The van der Waals surface area contributed by atoms with E-state index in [-0.39, 0.29) is 18.0 Å². The van der Waals surface area contributed by atoms with Gasteiger partial charge in [0.25, 0.3) is 0 Å². The van der Waals surface area contributed by atoms with E-state index >= 15 is 0 Å². The van der Waals surface area contributed by atoms with Gasteiger partial charge < -0.3 is 15.7 Å². The lowest BCUT2D eigenvalue weighted by molar-refractivity contribution is 0.0869. The molecule has 0 fully saturated rings. The molecule has 0 radical (unpaired) electrons. The van der Waals surface area contributed by atoms with Crippen LogP contribution in [0.15, 0.2) is 24.3 Å². The van der Waals surface area contributed by atoms with Crippen molar-refractivity contribution in [2.24, 2.45) is 0 Å². The average molecular weight is 324 g/mol. The number of carbonyl (C=O) groups is 1. The van der Waals surface area contributed by atoms with Crippen molar-refractivity contribution in [1.29, 1.82) is 0 Å². The number of rotatable bonds is 7. The molecule has 4 nitrogen and oxygen atoms in total. The largest absolute Gasteiger partial charge is 0.387 e. The first kappa shape index (κ1) is 18.8. The molecule has 0 bridgehead atoms. The van der Waals surface area contributed by atoms with Gasteiger partial charge >= 0.3 is 6.03 Å². The van der Waals surface area contributed by atoms with Crippen LogP contribution in [0.25, 0.3) is 0 Å². The highest BCUT2D eigenvalue weighted by atomic mass is 32.2. The minimum atomic E-state index is -0.886. The van der Waals surface area contributed by atoms with E-state index in [4.69, 9.17) is 0 Å². The number of aryl methyl sites for hydroxylation is 1. The molecule has 1 atom stereocenters. The van der Waals surface area contributed by atoms with Gasteiger partial charge in [0.1, 0.15) is 0 Å². The van der Waals surface area contributed by atoms with Crippen molar-refractivity contribution in [3.05, 3.63) is 35.4 Å². The van der Waals surface area contributed by atoms with Gasteiger partial charge in [-0.1, -0.05) is 43.7 Å². The predicted molar refractivity (Wildman–Crippen MR) is 94.6 cm³/mol. The minimum Gasteiger partial charge on any atom is -0.387 e. The van der Waals surface area contributed by atoms with E-state index in [0.717, 1.165) is 0 Å². The van der Waals surface area contributed by atoms with E-state index in [2.05, 4.69) is 49.6 Å². The molecule has 0 spiro atoms. The Bertz CT molecular complexity index is 501. The standard InChI is InChI=1S/C17H28N2O2S/c1-13-7-6-8-14(9-13)16(2,3)10-18-15(20)19-11-17(4,21)12-22-5/h6-9,21H,10-12H2,1-5H3,(H2,18,19,20). The van der Waals surface area contributed by atoms with Gasteiger partial charge in [-0.25, -0.2) is 4.79 Å². The van der Waals surface area contributed by atoms with E-state index in [1.165, 1.54) is 11.1 Å². The molecule has 0 aliphatic heterocycles. The Balaban J connectivity index is 2.49. The van der Waals surface area contributed by atoms with Crippen LogP contribution in [0.5, 0.6) is 0 Å². The zero-order valence-electron chi connectivity index (χ0n) is 14.2. The van der Waals surface area contributed by atoms with Gasteiger partial charge in [0.15, 0.2) is 0 Å². The normalized spacial score (nSPS) is 14.3. The first-order valence-electron chi connectivity index (χ1n) is 7.46. The van der Waals surface area contributed by atoms with E-state index in [1.807, 2.05) is 12.3 Å². The van der Waals surface area contributed by atoms with Crippen LogP contribution >= 0.6 is 11.8 Å². The summed E-state index contributed by atoms with van der Waals surface area (Å²) in [5.74, 6) is 0.585. The van der Waals surface area contributed by atoms with Gasteiger partial charge in [0.05, 0.1) is 5.60 Å². The smallest absolute Gasteiger partial charge is 0.314 e. The number of hydrogen-bond acceptors (Lipinski definition) is 3. The van der Waals surface area contributed by atoms with Crippen molar-refractivity contribution in [1.82, 2.24) is 10.6 Å². The fourth-order valence-electron chi connectivity index (χ4n) is 2.16. The molecule has 3 N–H and O–H groups in total. The number of amides is 2. The van der Waals surface area contributed by atoms with Gasteiger partial charge in [0.2, 0.25) is 0 Å². The van der Waals surface area contributed by atoms with Crippen LogP contribution in [0.2, 0.25) is 0 Å². The summed E-state index contributed by atoms with van der Waals surface area (Å²) in [6.45, 7) is 8.77. The van der Waals surface area contributed by atoms with Gasteiger partial charge in [-0.05, 0) is 25.7 Å². The second-order valence-electron chi connectivity index (χ2n) is 6.72. The van der Waals surface area contributed by atoms with Crippen LogP contribution < -0.4 is 10.6 Å². The average Bonchev–Trinajstić information content (AvgIpc) is 2.43. The third kappa shape index (κ3) is 6.28. The van der Waals surface area contributed by atoms with E-state index in [0.29, 0.717) is 12.3 Å². The molecule has 0 saturated heterocycles. The number of nitrogens with one attached hydrogen (secondary N) is 2. The molecule has 22 heavy (non-hydrogen) atoms. The summed E-state index contributed by atoms with van der Waals surface area (Å²) >= 11 is 1.55. The summed E-state index contributed by atoms with van der Waals surface area (Å²) in [5, 5.41) is 15.7. The number of benzene rings is 1. The Hall–Kier alpha value is -1.20. The summed E-state index contributed by atoms with van der Waals surface area (Å²) in [4.78, 5) is 11.9. The molecule has 0 aromatic heterocycles. The number of aliphatic hydroxyl groups is 1. The first-order chi connectivity index (χ1) is 10.2. The van der Waals surface area contributed by atoms with E-state index in [9.17, 15) is 9.90 Å². The van der Waals surface area contributed by atoms with Crippen LogP contribution in [0.4, 0.5) is 4.79 Å². The molecule has 124 valence electrons. The molecular formula is C17H28N2O2S. The molecular weight excluding hydrogens is 296 g/mol. The van der Waals surface area contributed by atoms with Crippen molar-refractivity contribution in [3.8, 4) is 0 Å². The summed E-state index contributed by atoms with van der Waals surface area (Å²) < 4.78 is 0. The third-order valence-corrected chi connectivity index (χ3v) is 4.49. The summed E-state index contributed by atoms with van der Waals surface area (Å²) in [7, 11) is 0. The number of hydrogen-bond donors (Lipinski definition) is 3. The SMILES string of the molecule is CSCC(C)(O)CNC(=O)NCC(C)(C)c1cccc(C)c1. The minimum absolute atomic E-state index is 0.148. The van der Waals surface area contributed by atoms with Crippen LogP contribution in [-0.2, 0) is 5.41 Å². The summed E-state index contributed by atoms with van der Waals surface area (Å²) in [6, 6.07) is 8.07. The van der Waals surface area contributed by atoms with Crippen molar-refractivity contribution in [3.63, 3.8) is 0 Å². The Labute approximate surface area is 138 Å². The highest BCUT2D eigenvalue weighted by molar-refractivity contribution is 7.98. The number of carbonyl (C=O) groups excluding carboxylic acids is 1. The quantitative estimate of drug-likeness (QED) is 0.723. The molecule has 0 heterocycles. The second-order valence-corrected chi connectivity index (χ2v) is 7.59. The lowest BCUT2D eigenvalue weighted by atomic mass is 9.84. The van der Waals surface area contributed by atoms with Crippen molar-refractivity contribution < 1.29 is 9.90 Å². The van der Waals surface area contributed by atoms with Crippen molar-refractivity contribution in [2.75, 3.05) is 25.1 Å². The van der Waals surface area contributed by atoms with Crippen molar-refractivity contribution in [2.45, 2.75) is 38.7 Å². The maximum absolute atomic E-state index is 11.9. The maximum Gasteiger partial charge on any atom is 0.314 e. The molecule has 0 aliphatic rings. The Morgan fingerprint density at radius 2 is 1.86 bits per heavy atom. The summed E-state index contributed by atoms with van der Waals surface area (Å²) in [5.41, 5.74) is 1.37. The van der Waals surface area contributed by atoms with E-state index < -0.39 is 5.60 Å². The third-order valence-electron chi connectivity index (χ3n) is 3.58. The second kappa shape index (κ2) is 7.88. The molecule has 1 rings (SSSR count). The first-order valence-corrected chi connectivity index (χ1v) is 8.86. The molecule has 0 aliphatic carbocycles. The van der Waals surface area contributed by atoms with Crippen molar-refractivity contribution >= 4 is 17.8 Å². The van der Waals surface area contributed by atoms with Crippen LogP contribution in [0.1, 0.15) is 31.9 Å². The van der Waals surface area contributed by atoms with Crippen LogP contribution in [-0.4, -0.2) is 41.8 Å². The van der Waals surface area contributed by atoms with Crippen LogP contribution in [0, 0.1) is 6.92 Å². The molecule has 1 aromatic rings. The zero-order valence-corrected chi connectivity index (χ0v) is 15.0.